The normalized spacial score (nSPS) is 11.6. The number of benzene rings is 1. The number of hydrogen-bond acceptors (Lipinski definition) is 5. The molecule has 0 fully saturated rings. The quantitative estimate of drug-likeness (QED) is 0.497. The first-order valence-electron chi connectivity index (χ1n) is 7.50. The van der Waals surface area contributed by atoms with Gasteiger partial charge in [0.25, 0.3) is 0 Å². The third-order valence-electron chi connectivity index (χ3n) is 3.18. The van der Waals surface area contributed by atoms with Gasteiger partial charge in [0.2, 0.25) is 5.76 Å². The summed E-state index contributed by atoms with van der Waals surface area (Å²) in [5.41, 5.74) is 0.361. The zero-order chi connectivity index (χ0) is 17.7. The molecule has 1 aromatic heterocycles. The molecule has 0 radical (unpaired) electrons. The third-order valence-corrected chi connectivity index (χ3v) is 3.18. The number of aromatic nitrogens is 2. The maximum Gasteiger partial charge on any atom is 0.377 e. The minimum absolute atomic E-state index is 0.0917. The van der Waals surface area contributed by atoms with Gasteiger partial charge in [0.05, 0.1) is 12.3 Å². The zero-order valence-corrected chi connectivity index (χ0v) is 13.7. The molecule has 0 bridgehead atoms. The van der Waals surface area contributed by atoms with E-state index in [0.717, 1.165) is 0 Å². The fraction of sp³-hybridized carbons (Fsp3) is 0.294. The molecule has 2 rings (SSSR count). The highest BCUT2D eigenvalue weighted by Crippen LogP contribution is 2.28. The van der Waals surface area contributed by atoms with Crippen LogP contribution >= 0.6 is 0 Å². The number of aliphatic hydroxyl groups excluding tert-OH is 1. The van der Waals surface area contributed by atoms with Crippen LogP contribution in [0.4, 0.5) is 4.39 Å². The molecule has 0 unspecified atom stereocenters. The van der Waals surface area contributed by atoms with E-state index < -0.39 is 17.5 Å². The van der Waals surface area contributed by atoms with E-state index in [0.29, 0.717) is 17.8 Å². The molecule has 0 spiro atoms. The van der Waals surface area contributed by atoms with Crippen LogP contribution in [-0.2, 0) is 9.53 Å². The average molecular weight is 334 g/mol. The summed E-state index contributed by atoms with van der Waals surface area (Å²) >= 11 is 0. The number of aliphatic hydroxyl groups is 1. The number of hydrogen-bond donors (Lipinski definition) is 1. The fourth-order valence-corrected chi connectivity index (χ4v) is 2.15. The van der Waals surface area contributed by atoms with E-state index in [-0.39, 0.29) is 18.3 Å². The lowest BCUT2D eigenvalue weighted by atomic mass is 10.2. The Balaban J connectivity index is 2.45. The summed E-state index contributed by atoms with van der Waals surface area (Å²) in [6.07, 6.45) is 3.78. The van der Waals surface area contributed by atoms with Crippen LogP contribution in [0.2, 0.25) is 0 Å². The summed E-state index contributed by atoms with van der Waals surface area (Å²) in [6, 6.07) is 3.84. The molecule has 0 aliphatic rings. The second kappa shape index (κ2) is 7.63. The molecule has 6 nitrogen and oxygen atoms in total. The predicted molar refractivity (Wildman–Crippen MR) is 85.6 cm³/mol. The van der Waals surface area contributed by atoms with Gasteiger partial charge in [-0.2, -0.15) is 0 Å². The number of rotatable bonds is 6. The number of halogens is 1. The number of carbonyl (C=O) groups is 1. The SMILES string of the molecule is CCOC(=O)/C(=C/O)Oc1ccc(F)cc1-n1ccnc1C(C)C. The van der Waals surface area contributed by atoms with Gasteiger partial charge in [-0.3, -0.25) is 4.57 Å². The van der Waals surface area contributed by atoms with Crippen molar-refractivity contribution in [2.24, 2.45) is 0 Å². The van der Waals surface area contributed by atoms with Gasteiger partial charge in [0.15, 0.2) is 5.75 Å². The highest BCUT2D eigenvalue weighted by Gasteiger charge is 2.19. The summed E-state index contributed by atoms with van der Waals surface area (Å²) in [5, 5.41) is 9.22. The Morgan fingerprint density at radius 3 is 2.83 bits per heavy atom. The second-order valence-corrected chi connectivity index (χ2v) is 5.24. The molecule has 7 heteroatoms. The molecule has 0 amide bonds. The van der Waals surface area contributed by atoms with Crippen LogP contribution in [0.15, 0.2) is 42.6 Å². The summed E-state index contributed by atoms with van der Waals surface area (Å²) in [6.45, 7) is 5.68. The van der Waals surface area contributed by atoms with Crippen molar-refractivity contribution in [1.82, 2.24) is 9.55 Å². The third kappa shape index (κ3) is 3.73. The minimum atomic E-state index is -0.815. The number of ether oxygens (including phenoxy) is 2. The van der Waals surface area contributed by atoms with E-state index >= 15 is 0 Å². The standard InChI is InChI=1S/C17H19FN2O4/c1-4-23-17(22)15(10-21)24-14-6-5-12(18)9-13(14)20-8-7-19-16(20)11(2)3/h5-11,21H,4H2,1-3H3/b15-10-. The highest BCUT2D eigenvalue weighted by atomic mass is 19.1. The lowest BCUT2D eigenvalue weighted by Gasteiger charge is -2.16. The molecule has 1 aromatic carbocycles. The predicted octanol–water partition coefficient (Wildman–Crippen LogP) is 3.48. The van der Waals surface area contributed by atoms with E-state index in [9.17, 15) is 14.3 Å². The van der Waals surface area contributed by atoms with Crippen molar-refractivity contribution in [3.05, 3.63) is 54.3 Å². The Morgan fingerprint density at radius 2 is 2.21 bits per heavy atom. The van der Waals surface area contributed by atoms with Crippen molar-refractivity contribution >= 4 is 5.97 Å². The topological polar surface area (TPSA) is 73.6 Å². The Hall–Kier alpha value is -2.83. The van der Waals surface area contributed by atoms with Gasteiger partial charge in [0.1, 0.15) is 17.9 Å². The van der Waals surface area contributed by atoms with Gasteiger partial charge in [0, 0.05) is 24.4 Å². The van der Waals surface area contributed by atoms with E-state index in [2.05, 4.69) is 4.98 Å². The van der Waals surface area contributed by atoms with Gasteiger partial charge < -0.3 is 14.6 Å². The summed E-state index contributed by atoms with van der Waals surface area (Å²) in [5.74, 6) is -0.692. The van der Waals surface area contributed by atoms with Crippen molar-refractivity contribution in [2.75, 3.05) is 6.61 Å². The monoisotopic (exact) mass is 334 g/mol. The van der Waals surface area contributed by atoms with Crippen molar-refractivity contribution in [3.63, 3.8) is 0 Å². The van der Waals surface area contributed by atoms with Gasteiger partial charge >= 0.3 is 5.97 Å². The second-order valence-electron chi connectivity index (χ2n) is 5.24. The smallest absolute Gasteiger partial charge is 0.377 e. The van der Waals surface area contributed by atoms with E-state index in [4.69, 9.17) is 9.47 Å². The summed E-state index contributed by atoms with van der Waals surface area (Å²) in [7, 11) is 0. The minimum Gasteiger partial charge on any atom is -0.511 e. The molecule has 0 aliphatic carbocycles. The maximum absolute atomic E-state index is 13.7. The molecule has 0 saturated carbocycles. The molecular formula is C17H19FN2O4. The summed E-state index contributed by atoms with van der Waals surface area (Å²) < 4.78 is 25.6. The Kier molecular flexibility index (Phi) is 5.57. The van der Waals surface area contributed by atoms with Gasteiger partial charge in [-0.1, -0.05) is 13.8 Å². The number of nitrogens with zero attached hydrogens (tertiary/aromatic N) is 2. The first kappa shape index (κ1) is 17.5. The van der Waals surface area contributed by atoms with Crippen LogP contribution in [0, 0.1) is 5.82 Å². The van der Waals surface area contributed by atoms with Gasteiger partial charge in [-0.05, 0) is 19.1 Å². The molecule has 1 heterocycles. The number of imidazole rings is 1. The molecule has 2 aromatic rings. The molecular weight excluding hydrogens is 315 g/mol. The summed E-state index contributed by atoms with van der Waals surface area (Å²) in [4.78, 5) is 16.0. The van der Waals surface area contributed by atoms with Gasteiger partial charge in [-0.25, -0.2) is 14.2 Å². The van der Waals surface area contributed by atoms with E-state index in [1.807, 2.05) is 13.8 Å². The van der Waals surface area contributed by atoms with Crippen molar-refractivity contribution < 1.29 is 23.8 Å². The maximum atomic E-state index is 13.7. The Bertz CT molecular complexity index is 753. The van der Waals surface area contributed by atoms with E-state index in [1.165, 1.54) is 18.2 Å². The van der Waals surface area contributed by atoms with Crippen LogP contribution in [0.5, 0.6) is 5.75 Å². The Labute approximate surface area is 139 Å². The van der Waals surface area contributed by atoms with Gasteiger partial charge in [-0.15, -0.1) is 0 Å². The van der Waals surface area contributed by atoms with Crippen molar-refractivity contribution in [1.29, 1.82) is 0 Å². The zero-order valence-electron chi connectivity index (χ0n) is 13.7. The van der Waals surface area contributed by atoms with Crippen molar-refractivity contribution in [2.45, 2.75) is 26.7 Å². The highest BCUT2D eigenvalue weighted by molar-refractivity contribution is 5.86. The Morgan fingerprint density at radius 1 is 1.46 bits per heavy atom. The number of esters is 1. The molecule has 0 aliphatic heterocycles. The fourth-order valence-electron chi connectivity index (χ4n) is 2.15. The molecule has 0 saturated heterocycles. The van der Waals surface area contributed by atoms with Crippen LogP contribution in [0.3, 0.4) is 0 Å². The first-order chi connectivity index (χ1) is 11.5. The van der Waals surface area contributed by atoms with Crippen LogP contribution < -0.4 is 4.74 Å². The first-order valence-corrected chi connectivity index (χ1v) is 7.50. The van der Waals surface area contributed by atoms with Crippen LogP contribution in [0.1, 0.15) is 32.5 Å². The molecule has 0 atom stereocenters. The lowest BCUT2D eigenvalue weighted by Crippen LogP contribution is -2.14. The molecule has 128 valence electrons. The largest absolute Gasteiger partial charge is 0.511 e. The molecule has 24 heavy (non-hydrogen) atoms. The van der Waals surface area contributed by atoms with Crippen LogP contribution in [0.25, 0.3) is 5.69 Å². The lowest BCUT2D eigenvalue weighted by molar-refractivity contribution is -0.141. The van der Waals surface area contributed by atoms with Crippen LogP contribution in [-0.4, -0.2) is 27.2 Å². The average Bonchev–Trinajstić information content (AvgIpc) is 3.03. The van der Waals surface area contributed by atoms with Crippen molar-refractivity contribution in [3.8, 4) is 11.4 Å². The molecule has 1 N–H and O–H groups in total. The van der Waals surface area contributed by atoms with E-state index in [1.54, 1.807) is 23.9 Å². The number of carbonyl (C=O) groups excluding carboxylic acids is 1.